The largest absolute Gasteiger partial charge is 0.506 e. The van der Waals surface area contributed by atoms with Crippen LogP contribution in [0.3, 0.4) is 0 Å². The number of nitrogens with one attached hydrogen (secondary N) is 4. The molecule has 0 fully saturated rings. The van der Waals surface area contributed by atoms with Crippen LogP contribution in [0, 0.1) is 0 Å². The summed E-state index contributed by atoms with van der Waals surface area (Å²) in [5.41, 5.74) is -0.321. The second-order valence-corrected chi connectivity index (χ2v) is 7.87. The topological polar surface area (TPSA) is 175 Å². The van der Waals surface area contributed by atoms with Crippen molar-refractivity contribution in [3.05, 3.63) is 46.5 Å². The third-order valence-electron chi connectivity index (χ3n) is 5.50. The van der Waals surface area contributed by atoms with Crippen molar-refractivity contribution in [1.82, 2.24) is 21.3 Å². The Kier molecular flexibility index (Phi) is 10.5. The zero-order valence-corrected chi connectivity index (χ0v) is 21.2. The van der Waals surface area contributed by atoms with Crippen LogP contribution in [-0.2, 0) is 0 Å². The highest BCUT2D eigenvalue weighted by Gasteiger charge is 2.21. The highest BCUT2D eigenvalue weighted by molar-refractivity contribution is 6.05. The molecule has 12 heteroatoms. The van der Waals surface area contributed by atoms with Gasteiger partial charge in [0.15, 0.2) is 0 Å². The maximum Gasteiger partial charge on any atom is 0.255 e. The van der Waals surface area contributed by atoms with E-state index in [0.717, 1.165) is 0 Å². The Balaban J connectivity index is 1.86. The molecule has 2 aromatic carbocycles. The van der Waals surface area contributed by atoms with Crippen molar-refractivity contribution in [2.24, 2.45) is 0 Å². The van der Waals surface area contributed by atoms with E-state index in [1.165, 1.54) is 52.6 Å². The number of phenolic OH excluding ortho intramolecular Hbond substituents is 2. The van der Waals surface area contributed by atoms with Gasteiger partial charge in [-0.2, -0.15) is 0 Å². The van der Waals surface area contributed by atoms with E-state index in [9.17, 15) is 29.4 Å². The maximum atomic E-state index is 12.5. The Hall–Kier alpha value is -4.48. The van der Waals surface area contributed by atoms with Crippen molar-refractivity contribution >= 4 is 23.6 Å². The average Bonchev–Trinajstić information content (AvgIpc) is 2.91. The molecule has 6 N–H and O–H groups in total. The van der Waals surface area contributed by atoms with E-state index < -0.39 is 35.1 Å². The van der Waals surface area contributed by atoms with Crippen molar-refractivity contribution in [3.63, 3.8) is 0 Å². The summed E-state index contributed by atoms with van der Waals surface area (Å²) in [4.78, 5) is 49.0. The maximum absolute atomic E-state index is 12.5. The van der Waals surface area contributed by atoms with E-state index in [0.29, 0.717) is 32.4 Å². The zero-order valence-electron chi connectivity index (χ0n) is 21.2. The summed E-state index contributed by atoms with van der Waals surface area (Å²) < 4.78 is 10.2. The minimum absolute atomic E-state index is 0.0766. The van der Waals surface area contributed by atoms with Crippen molar-refractivity contribution < 1.29 is 38.9 Å². The van der Waals surface area contributed by atoms with Crippen molar-refractivity contribution in [2.45, 2.75) is 19.3 Å². The molecular formula is C25H32N4O8. The molecule has 0 spiro atoms. The molecular weight excluding hydrogens is 484 g/mol. The zero-order chi connectivity index (χ0) is 27.5. The van der Waals surface area contributed by atoms with Gasteiger partial charge in [0.1, 0.15) is 23.0 Å². The molecule has 0 saturated carbocycles. The third-order valence-corrected chi connectivity index (χ3v) is 5.50. The normalized spacial score (nSPS) is 10.3. The van der Waals surface area contributed by atoms with Crippen LogP contribution in [0.1, 0.15) is 60.7 Å². The van der Waals surface area contributed by atoms with Crippen LogP contribution < -0.4 is 30.7 Å². The van der Waals surface area contributed by atoms with Gasteiger partial charge in [-0.05, 0) is 43.5 Å². The Morgan fingerprint density at radius 3 is 1.24 bits per heavy atom. The first-order valence-corrected chi connectivity index (χ1v) is 11.5. The summed E-state index contributed by atoms with van der Waals surface area (Å²) in [7, 11) is 5.59. The van der Waals surface area contributed by atoms with Gasteiger partial charge in [-0.25, -0.2) is 0 Å². The molecule has 2 rings (SSSR count). The van der Waals surface area contributed by atoms with Crippen LogP contribution in [0.25, 0.3) is 0 Å². The number of unbranched alkanes of at least 4 members (excludes halogenated alkanes) is 2. The molecule has 0 saturated heterocycles. The molecule has 12 nitrogen and oxygen atoms in total. The van der Waals surface area contributed by atoms with Gasteiger partial charge in [0.25, 0.3) is 23.6 Å². The molecule has 0 aromatic heterocycles. The van der Waals surface area contributed by atoms with Crippen LogP contribution in [0.5, 0.6) is 23.0 Å². The highest BCUT2D eigenvalue weighted by atomic mass is 16.5. The smallest absolute Gasteiger partial charge is 0.255 e. The number of ether oxygens (including phenoxy) is 2. The molecule has 0 aliphatic rings. The fourth-order valence-corrected chi connectivity index (χ4v) is 3.43. The van der Waals surface area contributed by atoms with Crippen LogP contribution in [0.15, 0.2) is 24.3 Å². The number of rotatable bonds is 12. The van der Waals surface area contributed by atoms with Crippen LogP contribution in [0.4, 0.5) is 0 Å². The molecule has 0 atom stereocenters. The van der Waals surface area contributed by atoms with E-state index in [2.05, 4.69) is 21.3 Å². The van der Waals surface area contributed by atoms with Gasteiger partial charge < -0.3 is 41.0 Å². The number of hydrogen-bond donors (Lipinski definition) is 6. The summed E-state index contributed by atoms with van der Waals surface area (Å²) in [6.07, 6.45) is 1.82. The number of hydrogen-bond acceptors (Lipinski definition) is 8. The van der Waals surface area contributed by atoms with E-state index in [1.54, 1.807) is 0 Å². The average molecular weight is 517 g/mol. The number of carbonyl (C=O) groups excluding carboxylic acids is 4. The minimum atomic E-state index is -0.560. The number of phenols is 2. The number of benzene rings is 2. The lowest BCUT2D eigenvalue weighted by Crippen LogP contribution is -2.27. The Morgan fingerprint density at radius 2 is 0.946 bits per heavy atom. The van der Waals surface area contributed by atoms with Crippen molar-refractivity contribution in [2.75, 3.05) is 41.4 Å². The standard InChI is InChI=1S/C25H32N4O8/c1-26-22(32)16-10-14(36-3)12-18(20(16)30)24(34)28-8-6-5-7-9-29-25(35)19-13-15(37-4)11-17(21(19)31)23(33)27-2/h10-13,30-31H,5-9H2,1-4H3,(H,26,32)(H,27,33)(H,28,34)(H,29,35). The Labute approximate surface area is 214 Å². The Morgan fingerprint density at radius 1 is 0.622 bits per heavy atom. The van der Waals surface area contributed by atoms with Crippen LogP contribution in [0.2, 0.25) is 0 Å². The molecule has 200 valence electrons. The first-order chi connectivity index (χ1) is 17.7. The molecule has 37 heavy (non-hydrogen) atoms. The number of carbonyl (C=O) groups is 4. The molecule has 0 radical (unpaired) electrons. The fraction of sp³-hybridized carbons (Fsp3) is 0.360. The molecule has 0 aliphatic heterocycles. The van der Waals surface area contributed by atoms with E-state index in [1.807, 2.05) is 0 Å². The van der Waals surface area contributed by atoms with Gasteiger partial charge in [0, 0.05) is 27.2 Å². The predicted octanol–water partition coefficient (Wildman–Crippen LogP) is 1.16. The minimum Gasteiger partial charge on any atom is -0.506 e. The summed E-state index contributed by atoms with van der Waals surface area (Å²) in [6, 6.07) is 5.36. The van der Waals surface area contributed by atoms with Gasteiger partial charge in [0.2, 0.25) is 0 Å². The fourth-order valence-electron chi connectivity index (χ4n) is 3.43. The lowest BCUT2D eigenvalue weighted by Gasteiger charge is -2.13. The second-order valence-electron chi connectivity index (χ2n) is 7.87. The summed E-state index contributed by atoms with van der Waals surface area (Å²) in [6.45, 7) is 0.593. The monoisotopic (exact) mass is 516 g/mol. The molecule has 0 bridgehead atoms. The lowest BCUT2D eigenvalue weighted by molar-refractivity contribution is 0.0936. The summed E-state index contributed by atoms with van der Waals surface area (Å²) in [5, 5.41) is 30.9. The third kappa shape index (κ3) is 7.26. The van der Waals surface area contributed by atoms with Crippen LogP contribution >= 0.6 is 0 Å². The summed E-state index contributed by atoms with van der Waals surface area (Å²) in [5.74, 6) is -2.62. The first-order valence-electron chi connectivity index (χ1n) is 11.5. The van der Waals surface area contributed by atoms with Gasteiger partial charge >= 0.3 is 0 Å². The second kappa shape index (κ2) is 13.6. The molecule has 4 amide bonds. The van der Waals surface area contributed by atoms with E-state index in [4.69, 9.17) is 9.47 Å². The van der Waals surface area contributed by atoms with E-state index in [-0.39, 0.29) is 33.8 Å². The molecule has 0 aliphatic carbocycles. The molecule has 0 unspecified atom stereocenters. The molecule has 0 heterocycles. The number of methoxy groups -OCH3 is 2. The van der Waals surface area contributed by atoms with Gasteiger partial charge in [0.05, 0.1) is 36.5 Å². The predicted molar refractivity (Wildman–Crippen MR) is 135 cm³/mol. The quantitative estimate of drug-likeness (QED) is 0.228. The molecule has 2 aromatic rings. The highest BCUT2D eigenvalue weighted by Crippen LogP contribution is 2.29. The van der Waals surface area contributed by atoms with Crippen LogP contribution in [-0.4, -0.2) is 75.2 Å². The lowest BCUT2D eigenvalue weighted by atomic mass is 10.1. The summed E-state index contributed by atoms with van der Waals surface area (Å²) >= 11 is 0. The Bertz CT molecular complexity index is 1080. The first kappa shape index (κ1) is 28.8. The van der Waals surface area contributed by atoms with E-state index >= 15 is 0 Å². The van der Waals surface area contributed by atoms with Crippen molar-refractivity contribution in [3.8, 4) is 23.0 Å². The SMILES string of the molecule is CNC(=O)c1cc(OC)cc(C(=O)NCCCCCNC(=O)c2cc(OC)cc(C(=O)NC)c2O)c1O. The number of aromatic hydroxyl groups is 2. The van der Waals surface area contributed by atoms with Gasteiger partial charge in [-0.15, -0.1) is 0 Å². The van der Waals surface area contributed by atoms with Crippen molar-refractivity contribution in [1.29, 1.82) is 0 Å². The van der Waals surface area contributed by atoms with Gasteiger partial charge in [-0.3, -0.25) is 19.2 Å². The number of amides is 4. The van der Waals surface area contributed by atoms with Gasteiger partial charge in [-0.1, -0.05) is 0 Å².